The van der Waals surface area contributed by atoms with E-state index in [1.165, 1.54) is 26.4 Å². The van der Waals surface area contributed by atoms with Crippen molar-refractivity contribution in [3.05, 3.63) is 59.2 Å². The van der Waals surface area contributed by atoms with Crippen molar-refractivity contribution in [2.24, 2.45) is 0 Å². The Balaban J connectivity index is 2.55. The molecule has 0 heterocycles. The normalized spacial score (nSPS) is 11.0. The van der Waals surface area contributed by atoms with Crippen LogP contribution < -0.4 is 4.74 Å². The SMILES string of the molecule is COC(=O)/C(=C/c1cc(C=O)cc(OC)c1)c1ccc(O)cc1. The second kappa shape index (κ2) is 7.26. The standard InChI is InChI=1S/C18H16O5/c1-22-16-8-12(7-13(9-16)11-19)10-17(18(21)23-2)14-3-5-15(20)6-4-14/h3-11,20H,1-2H3/b17-10+. The zero-order valence-corrected chi connectivity index (χ0v) is 12.8. The molecule has 5 nitrogen and oxygen atoms in total. The Morgan fingerprint density at radius 1 is 1.04 bits per heavy atom. The average Bonchev–Trinajstić information content (AvgIpc) is 2.59. The lowest BCUT2D eigenvalue weighted by atomic mass is 10.0. The van der Waals surface area contributed by atoms with Crippen LogP contribution in [0.5, 0.6) is 11.5 Å². The minimum atomic E-state index is -0.522. The van der Waals surface area contributed by atoms with E-state index in [-0.39, 0.29) is 5.75 Å². The van der Waals surface area contributed by atoms with E-state index in [0.717, 1.165) is 0 Å². The van der Waals surface area contributed by atoms with Gasteiger partial charge in [0, 0.05) is 5.56 Å². The molecule has 0 aliphatic heterocycles. The number of hydrogen-bond donors (Lipinski definition) is 1. The fourth-order valence-electron chi connectivity index (χ4n) is 2.09. The summed E-state index contributed by atoms with van der Waals surface area (Å²) in [6.07, 6.45) is 2.31. The molecule has 0 unspecified atom stereocenters. The Morgan fingerprint density at radius 3 is 2.26 bits per heavy atom. The number of ether oxygens (including phenoxy) is 2. The summed E-state index contributed by atoms with van der Waals surface area (Å²) < 4.78 is 9.96. The van der Waals surface area contributed by atoms with Gasteiger partial charge in [0.2, 0.25) is 0 Å². The van der Waals surface area contributed by atoms with Crippen molar-refractivity contribution in [1.29, 1.82) is 0 Å². The molecule has 0 fully saturated rings. The highest BCUT2D eigenvalue weighted by Gasteiger charge is 2.13. The summed E-state index contributed by atoms with van der Waals surface area (Å²) >= 11 is 0. The maximum absolute atomic E-state index is 12.1. The van der Waals surface area contributed by atoms with Crippen LogP contribution >= 0.6 is 0 Å². The maximum Gasteiger partial charge on any atom is 0.338 e. The molecule has 118 valence electrons. The number of aldehydes is 1. The Morgan fingerprint density at radius 2 is 1.70 bits per heavy atom. The first kappa shape index (κ1) is 16.3. The van der Waals surface area contributed by atoms with Gasteiger partial charge in [-0.05, 0) is 47.5 Å². The number of benzene rings is 2. The van der Waals surface area contributed by atoms with Gasteiger partial charge in [-0.2, -0.15) is 0 Å². The van der Waals surface area contributed by atoms with Crippen LogP contribution in [0.2, 0.25) is 0 Å². The third-order valence-electron chi connectivity index (χ3n) is 3.22. The van der Waals surface area contributed by atoms with Crippen LogP contribution in [-0.4, -0.2) is 31.6 Å². The number of carbonyl (C=O) groups is 2. The van der Waals surface area contributed by atoms with Gasteiger partial charge in [0.15, 0.2) is 0 Å². The highest BCUT2D eigenvalue weighted by Crippen LogP contribution is 2.24. The number of methoxy groups -OCH3 is 2. The second-order valence-electron chi connectivity index (χ2n) is 4.75. The van der Waals surface area contributed by atoms with Crippen molar-refractivity contribution in [3.63, 3.8) is 0 Å². The summed E-state index contributed by atoms with van der Waals surface area (Å²) in [6, 6.07) is 11.1. The molecule has 2 aromatic carbocycles. The van der Waals surface area contributed by atoms with Gasteiger partial charge >= 0.3 is 5.97 Å². The van der Waals surface area contributed by atoms with Crippen LogP contribution in [0.1, 0.15) is 21.5 Å². The maximum atomic E-state index is 12.1. The summed E-state index contributed by atoms with van der Waals surface area (Å²) in [5.41, 5.74) is 1.95. The van der Waals surface area contributed by atoms with Gasteiger partial charge in [-0.15, -0.1) is 0 Å². The summed E-state index contributed by atoms with van der Waals surface area (Å²) in [4.78, 5) is 23.1. The van der Waals surface area contributed by atoms with E-state index in [1.54, 1.807) is 36.4 Å². The predicted molar refractivity (Wildman–Crippen MR) is 86.4 cm³/mol. The van der Waals surface area contributed by atoms with E-state index in [9.17, 15) is 14.7 Å². The van der Waals surface area contributed by atoms with Gasteiger partial charge in [0.25, 0.3) is 0 Å². The van der Waals surface area contributed by atoms with Crippen molar-refractivity contribution in [3.8, 4) is 11.5 Å². The number of rotatable bonds is 5. The molecular weight excluding hydrogens is 296 g/mol. The molecule has 0 aromatic heterocycles. The fraction of sp³-hybridized carbons (Fsp3) is 0.111. The first-order chi connectivity index (χ1) is 11.1. The van der Waals surface area contributed by atoms with Crippen LogP contribution in [0.25, 0.3) is 11.6 Å². The number of carbonyl (C=O) groups excluding carboxylic acids is 2. The minimum absolute atomic E-state index is 0.0996. The van der Waals surface area contributed by atoms with E-state index in [4.69, 9.17) is 9.47 Å². The average molecular weight is 312 g/mol. The number of esters is 1. The highest BCUT2D eigenvalue weighted by atomic mass is 16.5. The number of aromatic hydroxyl groups is 1. The number of phenolic OH excluding ortho intramolecular Hbond substituents is 1. The minimum Gasteiger partial charge on any atom is -0.508 e. The molecule has 5 heteroatoms. The largest absolute Gasteiger partial charge is 0.508 e. The lowest BCUT2D eigenvalue weighted by molar-refractivity contribution is -0.133. The molecule has 0 saturated heterocycles. The van der Waals surface area contributed by atoms with Crippen LogP contribution in [0.4, 0.5) is 0 Å². The first-order valence-electron chi connectivity index (χ1n) is 6.81. The first-order valence-corrected chi connectivity index (χ1v) is 6.81. The van der Waals surface area contributed by atoms with E-state index in [1.807, 2.05) is 0 Å². The van der Waals surface area contributed by atoms with E-state index >= 15 is 0 Å². The summed E-state index contributed by atoms with van der Waals surface area (Å²) in [5.74, 6) is 0.0875. The lowest BCUT2D eigenvalue weighted by Crippen LogP contribution is -2.04. The Labute approximate surface area is 133 Å². The topological polar surface area (TPSA) is 72.8 Å². The molecule has 0 saturated carbocycles. The van der Waals surface area contributed by atoms with Crippen molar-refractivity contribution in [2.75, 3.05) is 14.2 Å². The molecule has 0 atom stereocenters. The van der Waals surface area contributed by atoms with Gasteiger partial charge in [-0.25, -0.2) is 4.79 Å². The molecule has 2 aromatic rings. The quantitative estimate of drug-likeness (QED) is 0.398. The second-order valence-corrected chi connectivity index (χ2v) is 4.75. The predicted octanol–water partition coefficient (Wildman–Crippen LogP) is 2.93. The lowest BCUT2D eigenvalue weighted by Gasteiger charge is -2.08. The molecule has 23 heavy (non-hydrogen) atoms. The van der Waals surface area contributed by atoms with Gasteiger partial charge in [-0.1, -0.05) is 12.1 Å². The third kappa shape index (κ3) is 3.97. The Bertz CT molecular complexity index is 745. The van der Waals surface area contributed by atoms with Gasteiger partial charge in [0.05, 0.1) is 19.8 Å². The van der Waals surface area contributed by atoms with Crippen LogP contribution in [0.15, 0.2) is 42.5 Å². The highest BCUT2D eigenvalue weighted by molar-refractivity contribution is 6.21. The summed E-state index contributed by atoms with van der Waals surface area (Å²) in [6.45, 7) is 0. The summed E-state index contributed by atoms with van der Waals surface area (Å²) in [5, 5.41) is 9.37. The zero-order valence-electron chi connectivity index (χ0n) is 12.8. The van der Waals surface area contributed by atoms with Crippen molar-refractivity contribution >= 4 is 23.9 Å². The van der Waals surface area contributed by atoms with Crippen LogP contribution in [0.3, 0.4) is 0 Å². The molecule has 0 radical (unpaired) electrons. The molecule has 0 aliphatic carbocycles. The van der Waals surface area contributed by atoms with Gasteiger partial charge in [0.1, 0.15) is 17.8 Å². The number of phenols is 1. The van der Waals surface area contributed by atoms with E-state index in [0.29, 0.717) is 34.3 Å². The zero-order chi connectivity index (χ0) is 16.8. The Hall–Kier alpha value is -3.08. The van der Waals surface area contributed by atoms with Gasteiger partial charge in [-0.3, -0.25) is 4.79 Å². The van der Waals surface area contributed by atoms with Crippen molar-refractivity contribution < 1.29 is 24.2 Å². The van der Waals surface area contributed by atoms with Gasteiger partial charge < -0.3 is 14.6 Å². The number of hydrogen-bond acceptors (Lipinski definition) is 5. The monoisotopic (exact) mass is 312 g/mol. The molecule has 0 aliphatic rings. The molecule has 2 rings (SSSR count). The fourth-order valence-corrected chi connectivity index (χ4v) is 2.09. The van der Waals surface area contributed by atoms with Crippen LogP contribution in [0, 0.1) is 0 Å². The molecule has 0 amide bonds. The van der Waals surface area contributed by atoms with E-state index < -0.39 is 5.97 Å². The van der Waals surface area contributed by atoms with Crippen LogP contribution in [-0.2, 0) is 9.53 Å². The smallest absolute Gasteiger partial charge is 0.338 e. The van der Waals surface area contributed by atoms with Crippen molar-refractivity contribution in [2.45, 2.75) is 0 Å². The summed E-state index contributed by atoms with van der Waals surface area (Å²) in [7, 11) is 2.79. The third-order valence-corrected chi connectivity index (χ3v) is 3.22. The van der Waals surface area contributed by atoms with E-state index in [2.05, 4.69) is 0 Å². The molecular formula is C18H16O5. The Kier molecular flexibility index (Phi) is 5.15. The molecule has 1 N–H and O–H groups in total. The molecule has 0 spiro atoms. The van der Waals surface area contributed by atoms with Crippen molar-refractivity contribution in [1.82, 2.24) is 0 Å². The molecule has 0 bridgehead atoms.